The third-order valence-corrected chi connectivity index (χ3v) is 6.61. The number of rotatable bonds is 9. The quantitative estimate of drug-likeness (QED) is 0.151. The van der Waals surface area contributed by atoms with Gasteiger partial charge in [-0.1, -0.05) is 54.6 Å². The molecule has 41 heavy (non-hydrogen) atoms. The van der Waals surface area contributed by atoms with E-state index in [-0.39, 0.29) is 17.1 Å². The topological polar surface area (TPSA) is 87.3 Å². The van der Waals surface area contributed by atoms with Gasteiger partial charge in [-0.2, -0.15) is 13.2 Å². The fourth-order valence-electron chi connectivity index (χ4n) is 3.61. The number of alkyl halides is 3. The van der Waals surface area contributed by atoms with Gasteiger partial charge in [0.15, 0.2) is 0 Å². The molecule has 6 nitrogen and oxygen atoms in total. The first-order chi connectivity index (χ1) is 19.7. The molecule has 4 aromatic carbocycles. The number of carbonyl (C=O) groups is 3. The molecule has 0 aliphatic rings. The van der Waals surface area contributed by atoms with Crippen molar-refractivity contribution in [2.45, 2.75) is 11.1 Å². The van der Waals surface area contributed by atoms with E-state index in [0.717, 1.165) is 17.7 Å². The van der Waals surface area contributed by atoms with Crippen LogP contribution < -0.4 is 16.0 Å². The molecule has 3 amide bonds. The largest absolute Gasteiger partial charge is 0.416 e. The molecule has 0 heterocycles. The van der Waals surface area contributed by atoms with Crippen molar-refractivity contribution >= 4 is 46.9 Å². The number of amides is 3. The van der Waals surface area contributed by atoms with E-state index >= 15 is 0 Å². The zero-order valence-corrected chi connectivity index (χ0v) is 22.3. The Labute approximate surface area is 238 Å². The molecule has 0 bridgehead atoms. The van der Waals surface area contributed by atoms with E-state index in [0.29, 0.717) is 16.1 Å². The molecular formula is C31H24F3N3O3S. The second-order valence-electron chi connectivity index (χ2n) is 8.68. The van der Waals surface area contributed by atoms with Gasteiger partial charge in [0.2, 0.25) is 5.91 Å². The molecule has 4 aromatic rings. The Kier molecular flexibility index (Phi) is 9.60. The number of hydrogen-bond donors (Lipinski definition) is 3. The minimum Gasteiger partial charge on any atom is -0.325 e. The van der Waals surface area contributed by atoms with Crippen molar-refractivity contribution in [1.29, 1.82) is 0 Å². The van der Waals surface area contributed by atoms with Crippen molar-refractivity contribution in [3.8, 4) is 0 Å². The first kappa shape index (κ1) is 29.2. The molecule has 0 aliphatic carbocycles. The van der Waals surface area contributed by atoms with Gasteiger partial charge in [-0.15, -0.1) is 11.8 Å². The van der Waals surface area contributed by atoms with Crippen LogP contribution in [0, 0.1) is 0 Å². The molecule has 0 radical (unpaired) electrons. The first-order valence-electron chi connectivity index (χ1n) is 12.3. The van der Waals surface area contributed by atoms with Crippen LogP contribution in [0.2, 0.25) is 0 Å². The summed E-state index contributed by atoms with van der Waals surface area (Å²) in [6.07, 6.45) is -2.93. The molecule has 0 atom stereocenters. The lowest BCUT2D eigenvalue weighted by Gasteiger charge is -2.12. The van der Waals surface area contributed by atoms with E-state index in [1.54, 1.807) is 72.8 Å². The molecule has 0 saturated heterocycles. The van der Waals surface area contributed by atoms with Crippen LogP contribution in [0.3, 0.4) is 0 Å². The van der Waals surface area contributed by atoms with E-state index in [4.69, 9.17) is 0 Å². The fraction of sp³-hybridized carbons (Fsp3) is 0.0645. The number of nitrogens with one attached hydrogen (secondary N) is 3. The number of benzene rings is 4. The van der Waals surface area contributed by atoms with Gasteiger partial charge in [0, 0.05) is 21.8 Å². The summed E-state index contributed by atoms with van der Waals surface area (Å²) in [7, 11) is 0. The highest BCUT2D eigenvalue weighted by atomic mass is 32.2. The fourth-order valence-corrected chi connectivity index (χ4v) is 4.31. The van der Waals surface area contributed by atoms with Gasteiger partial charge in [0.05, 0.1) is 11.3 Å². The second-order valence-corrected chi connectivity index (χ2v) is 9.73. The predicted molar refractivity (Wildman–Crippen MR) is 154 cm³/mol. The summed E-state index contributed by atoms with van der Waals surface area (Å²) >= 11 is 1.18. The van der Waals surface area contributed by atoms with E-state index in [9.17, 15) is 27.6 Å². The first-order valence-corrected chi connectivity index (χ1v) is 13.3. The second kappa shape index (κ2) is 13.5. The van der Waals surface area contributed by atoms with E-state index in [1.165, 1.54) is 23.9 Å². The van der Waals surface area contributed by atoms with Crippen LogP contribution in [0.5, 0.6) is 0 Å². The van der Waals surface area contributed by atoms with Gasteiger partial charge in [0.25, 0.3) is 11.8 Å². The molecule has 0 aliphatic heterocycles. The zero-order chi connectivity index (χ0) is 29.2. The highest BCUT2D eigenvalue weighted by molar-refractivity contribution is 8.00. The van der Waals surface area contributed by atoms with E-state index in [2.05, 4.69) is 16.0 Å². The number of anilines is 2. The lowest BCUT2D eigenvalue weighted by Crippen LogP contribution is -2.30. The Morgan fingerprint density at radius 1 is 0.732 bits per heavy atom. The van der Waals surface area contributed by atoms with Crippen LogP contribution in [-0.2, 0) is 15.8 Å². The maximum Gasteiger partial charge on any atom is 0.416 e. The van der Waals surface area contributed by atoms with E-state index in [1.807, 2.05) is 18.2 Å². The maximum absolute atomic E-state index is 13.1. The molecule has 0 unspecified atom stereocenters. The highest BCUT2D eigenvalue weighted by Crippen LogP contribution is 2.30. The third kappa shape index (κ3) is 8.84. The third-order valence-electron chi connectivity index (χ3n) is 5.60. The summed E-state index contributed by atoms with van der Waals surface area (Å²) in [5, 5.41) is 7.90. The predicted octanol–water partition coefficient (Wildman–Crippen LogP) is 6.85. The average Bonchev–Trinajstić information content (AvgIpc) is 2.97. The highest BCUT2D eigenvalue weighted by Gasteiger charge is 2.30. The van der Waals surface area contributed by atoms with Crippen molar-refractivity contribution in [2.24, 2.45) is 0 Å². The number of thioether (sulfide) groups is 1. The van der Waals surface area contributed by atoms with Gasteiger partial charge < -0.3 is 16.0 Å². The SMILES string of the molecule is O=C(CSc1ccc(NC(=O)/C(=C/c2ccccc2)NC(=O)c2ccccc2)cc1)Nc1cccc(C(F)(F)F)c1. The Morgan fingerprint density at radius 2 is 1.39 bits per heavy atom. The Hall–Kier alpha value is -4.83. The molecule has 0 fully saturated rings. The molecule has 0 spiro atoms. The van der Waals surface area contributed by atoms with Crippen LogP contribution in [0.25, 0.3) is 6.08 Å². The summed E-state index contributed by atoms with van der Waals surface area (Å²) in [6, 6.07) is 28.7. The normalized spacial score (nSPS) is 11.4. The maximum atomic E-state index is 13.1. The van der Waals surface area contributed by atoms with Crippen LogP contribution in [0.15, 0.2) is 120 Å². The average molecular weight is 576 g/mol. The van der Waals surface area contributed by atoms with Gasteiger partial charge in [-0.05, 0) is 66.2 Å². The van der Waals surface area contributed by atoms with Crippen molar-refractivity contribution < 1.29 is 27.6 Å². The minimum atomic E-state index is -4.50. The van der Waals surface area contributed by atoms with Gasteiger partial charge >= 0.3 is 6.18 Å². The minimum absolute atomic E-state index is 0.0303. The van der Waals surface area contributed by atoms with Crippen molar-refractivity contribution in [3.05, 3.63) is 132 Å². The zero-order valence-electron chi connectivity index (χ0n) is 21.4. The Bertz CT molecular complexity index is 1540. The van der Waals surface area contributed by atoms with Gasteiger partial charge in [-0.25, -0.2) is 0 Å². The lowest BCUT2D eigenvalue weighted by molar-refractivity contribution is -0.137. The van der Waals surface area contributed by atoms with Crippen LogP contribution >= 0.6 is 11.8 Å². The van der Waals surface area contributed by atoms with Crippen molar-refractivity contribution in [2.75, 3.05) is 16.4 Å². The summed E-state index contributed by atoms with van der Waals surface area (Å²) in [4.78, 5) is 38.8. The Balaban J connectivity index is 1.37. The van der Waals surface area contributed by atoms with Crippen molar-refractivity contribution in [3.63, 3.8) is 0 Å². The molecular weight excluding hydrogens is 551 g/mol. The smallest absolute Gasteiger partial charge is 0.325 e. The van der Waals surface area contributed by atoms with Crippen LogP contribution in [-0.4, -0.2) is 23.5 Å². The lowest BCUT2D eigenvalue weighted by atomic mass is 10.1. The molecule has 10 heteroatoms. The monoisotopic (exact) mass is 575 g/mol. The standard InChI is InChI=1S/C31H24F3N3O3S/c32-31(33,34)23-12-7-13-25(19-23)35-28(38)20-41-26-16-14-24(15-17-26)36-30(40)27(18-21-8-3-1-4-9-21)37-29(39)22-10-5-2-6-11-22/h1-19H,20H2,(H,35,38)(H,36,40)(H,37,39)/b27-18-. The molecule has 4 rings (SSSR count). The number of carbonyl (C=O) groups excluding carboxylic acids is 3. The summed E-state index contributed by atoms with van der Waals surface area (Å²) in [5.74, 6) is -1.45. The van der Waals surface area contributed by atoms with Crippen molar-refractivity contribution in [1.82, 2.24) is 5.32 Å². The van der Waals surface area contributed by atoms with Gasteiger partial charge in [-0.3, -0.25) is 14.4 Å². The molecule has 0 aromatic heterocycles. The summed E-state index contributed by atoms with van der Waals surface area (Å²) in [6.45, 7) is 0. The molecule has 3 N–H and O–H groups in total. The number of hydrogen-bond acceptors (Lipinski definition) is 4. The van der Waals surface area contributed by atoms with Gasteiger partial charge in [0.1, 0.15) is 5.70 Å². The molecule has 208 valence electrons. The summed E-state index contributed by atoms with van der Waals surface area (Å²) < 4.78 is 38.7. The number of halogens is 3. The molecule has 0 saturated carbocycles. The van der Waals surface area contributed by atoms with E-state index < -0.39 is 29.5 Å². The Morgan fingerprint density at radius 3 is 2.05 bits per heavy atom. The summed E-state index contributed by atoms with van der Waals surface area (Å²) in [5.41, 5.74) is 0.846. The van der Waals surface area contributed by atoms with Crippen LogP contribution in [0.4, 0.5) is 24.5 Å². The van der Waals surface area contributed by atoms with Crippen LogP contribution in [0.1, 0.15) is 21.5 Å².